The van der Waals surface area contributed by atoms with Crippen molar-refractivity contribution < 1.29 is 23.1 Å². The zero-order chi connectivity index (χ0) is 25.0. The molecule has 0 aliphatic carbocycles. The van der Waals surface area contributed by atoms with Gasteiger partial charge in [-0.1, -0.05) is 30.3 Å². The topological polar surface area (TPSA) is 112 Å². The predicted octanol–water partition coefficient (Wildman–Crippen LogP) is 2.25. The van der Waals surface area contributed by atoms with Crippen molar-refractivity contribution in [3.05, 3.63) is 66.4 Å². The molecule has 2 aromatic carbocycles. The first kappa shape index (κ1) is 24.9. The van der Waals surface area contributed by atoms with Crippen molar-refractivity contribution in [1.82, 2.24) is 14.8 Å². The van der Waals surface area contributed by atoms with Gasteiger partial charge >= 0.3 is 0 Å². The summed E-state index contributed by atoms with van der Waals surface area (Å²) in [5.74, 6) is 0.335. The van der Waals surface area contributed by atoms with Gasteiger partial charge in [0, 0.05) is 44.0 Å². The molecule has 2 atom stereocenters. The van der Waals surface area contributed by atoms with Crippen LogP contribution in [-0.4, -0.2) is 79.9 Å². The van der Waals surface area contributed by atoms with Gasteiger partial charge in [-0.3, -0.25) is 19.4 Å². The third kappa shape index (κ3) is 6.47. The van der Waals surface area contributed by atoms with E-state index in [1.807, 2.05) is 36.4 Å². The van der Waals surface area contributed by atoms with Crippen molar-refractivity contribution in [2.75, 3.05) is 44.3 Å². The average molecular weight is 499 g/mol. The van der Waals surface area contributed by atoms with E-state index in [4.69, 9.17) is 4.74 Å². The monoisotopic (exact) mass is 498 g/mol. The zero-order valence-corrected chi connectivity index (χ0v) is 20.6. The molecule has 2 heterocycles. The van der Waals surface area contributed by atoms with Gasteiger partial charge in [-0.2, -0.15) is 0 Å². The summed E-state index contributed by atoms with van der Waals surface area (Å²) in [7, 11) is -1.66. The molecule has 0 saturated carbocycles. The van der Waals surface area contributed by atoms with Gasteiger partial charge in [0.25, 0.3) is 5.91 Å². The fourth-order valence-corrected chi connectivity index (χ4v) is 4.83. The molecule has 1 aliphatic rings. The SMILES string of the molecule is CN(C(=O)COc1cccc2cccnc12)C(CN1CC[C@H](O)C1)c1ccc(NS(C)(=O)=O)cc1. The van der Waals surface area contributed by atoms with Crippen LogP contribution in [0.15, 0.2) is 60.8 Å². The number of para-hydroxylation sites is 1. The fraction of sp³-hybridized carbons (Fsp3) is 0.360. The number of aliphatic hydroxyl groups excluding tert-OH is 1. The minimum Gasteiger partial charge on any atom is -0.481 e. The second-order valence-electron chi connectivity index (χ2n) is 8.84. The number of ether oxygens (including phenoxy) is 1. The van der Waals surface area contributed by atoms with Gasteiger partial charge in [0.1, 0.15) is 11.3 Å². The number of nitrogens with one attached hydrogen (secondary N) is 1. The van der Waals surface area contributed by atoms with Gasteiger partial charge in [0.15, 0.2) is 6.61 Å². The van der Waals surface area contributed by atoms with Crippen molar-refractivity contribution in [2.24, 2.45) is 0 Å². The number of carbonyl (C=O) groups is 1. The Hall–Kier alpha value is -3.21. The van der Waals surface area contributed by atoms with Crippen molar-refractivity contribution >= 4 is 32.5 Å². The second kappa shape index (κ2) is 10.6. The Balaban J connectivity index is 1.51. The van der Waals surface area contributed by atoms with Crippen LogP contribution in [0.5, 0.6) is 5.75 Å². The molecule has 10 heteroatoms. The van der Waals surface area contributed by atoms with E-state index in [1.54, 1.807) is 36.3 Å². The van der Waals surface area contributed by atoms with E-state index in [0.29, 0.717) is 36.5 Å². The summed E-state index contributed by atoms with van der Waals surface area (Å²) < 4.78 is 31.4. The Kier molecular flexibility index (Phi) is 7.54. The molecule has 0 spiro atoms. The van der Waals surface area contributed by atoms with Gasteiger partial charge < -0.3 is 14.7 Å². The summed E-state index contributed by atoms with van der Waals surface area (Å²) in [6.45, 7) is 1.67. The summed E-state index contributed by atoms with van der Waals surface area (Å²) in [4.78, 5) is 21.3. The number of likely N-dealkylation sites (tertiary alicyclic amines) is 1. The molecule has 35 heavy (non-hydrogen) atoms. The normalized spacial score (nSPS) is 17.3. The quantitative estimate of drug-likeness (QED) is 0.465. The van der Waals surface area contributed by atoms with Crippen LogP contribution >= 0.6 is 0 Å². The molecule has 1 fully saturated rings. The Morgan fingerprint density at radius 2 is 1.97 bits per heavy atom. The van der Waals surface area contributed by atoms with Crippen molar-refractivity contribution in [3.8, 4) is 5.75 Å². The number of fused-ring (bicyclic) bond motifs is 1. The van der Waals surface area contributed by atoms with E-state index in [1.165, 1.54) is 0 Å². The third-order valence-corrected chi connectivity index (χ3v) is 6.69. The molecule has 1 aromatic heterocycles. The standard InChI is InChI=1S/C25H30N4O5S/c1-28(24(31)17-34-23-7-3-5-19-6-4-13-26-25(19)23)22(16-29-14-12-21(30)15-29)18-8-10-20(11-9-18)27-35(2,32)33/h3-11,13,21-22,27,30H,12,14-17H2,1-2H3/t21-,22?/m0/s1. The lowest BCUT2D eigenvalue weighted by molar-refractivity contribution is -0.134. The van der Waals surface area contributed by atoms with E-state index in [0.717, 1.165) is 23.8 Å². The molecule has 1 unspecified atom stereocenters. The highest BCUT2D eigenvalue weighted by atomic mass is 32.2. The van der Waals surface area contributed by atoms with E-state index in [2.05, 4.69) is 14.6 Å². The molecule has 9 nitrogen and oxygen atoms in total. The summed E-state index contributed by atoms with van der Waals surface area (Å²) in [5.41, 5.74) is 2.00. The average Bonchev–Trinajstić information content (AvgIpc) is 3.25. The highest BCUT2D eigenvalue weighted by Gasteiger charge is 2.28. The number of hydrogen-bond donors (Lipinski definition) is 2. The number of benzene rings is 2. The highest BCUT2D eigenvalue weighted by molar-refractivity contribution is 7.92. The van der Waals surface area contributed by atoms with E-state index in [-0.39, 0.29) is 24.7 Å². The Morgan fingerprint density at radius 1 is 1.23 bits per heavy atom. The van der Waals surface area contributed by atoms with Gasteiger partial charge in [-0.15, -0.1) is 0 Å². The zero-order valence-electron chi connectivity index (χ0n) is 19.8. The first-order valence-electron chi connectivity index (χ1n) is 11.4. The maximum Gasteiger partial charge on any atom is 0.260 e. The molecule has 0 bridgehead atoms. The van der Waals surface area contributed by atoms with Crippen molar-refractivity contribution in [3.63, 3.8) is 0 Å². The number of rotatable bonds is 9. The molecular formula is C25H30N4O5S. The molecular weight excluding hydrogens is 468 g/mol. The summed E-state index contributed by atoms with van der Waals surface area (Å²) in [5, 5.41) is 10.9. The number of aliphatic hydroxyl groups is 1. The van der Waals surface area contributed by atoms with E-state index >= 15 is 0 Å². The molecule has 186 valence electrons. The lowest BCUT2D eigenvalue weighted by Gasteiger charge is -2.32. The summed E-state index contributed by atoms with van der Waals surface area (Å²) >= 11 is 0. The smallest absolute Gasteiger partial charge is 0.260 e. The number of anilines is 1. The fourth-order valence-electron chi connectivity index (χ4n) is 4.27. The van der Waals surface area contributed by atoms with E-state index in [9.17, 15) is 18.3 Å². The van der Waals surface area contributed by atoms with E-state index < -0.39 is 10.0 Å². The number of carbonyl (C=O) groups excluding carboxylic acids is 1. The van der Waals surface area contributed by atoms with Crippen molar-refractivity contribution in [2.45, 2.75) is 18.6 Å². The molecule has 2 N–H and O–H groups in total. The number of sulfonamides is 1. The maximum absolute atomic E-state index is 13.2. The first-order chi connectivity index (χ1) is 16.7. The highest BCUT2D eigenvalue weighted by Crippen LogP contribution is 2.26. The number of β-amino-alcohol motifs (C(OH)–C–C–N with tert-alkyl or cyclic N) is 1. The minimum atomic E-state index is -3.39. The number of pyridine rings is 1. The molecule has 4 rings (SSSR count). The van der Waals surface area contributed by atoms with Crippen LogP contribution < -0.4 is 9.46 Å². The second-order valence-corrected chi connectivity index (χ2v) is 10.6. The Bertz CT molecular complexity index is 1280. The van der Waals surface area contributed by atoms with Crippen LogP contribution in [0, 0.1) is 0 Å². The van der Waals surface area contributed by atoms with Crippen LogP contribution in [-0.2, 0) is 14.8 Å². The molecule has 1 saturated heterocycles. The number of nitrogens with zero attached hydrogens (tertiary/aromatic N) is 3. The lowest BCUT2D eigenvalue weighted by atomic mass is 10.0. The van der Waals surface area contributed by atoms with Gasteiger partial charge in [0.05, 0.1) is 18.4 Å². The van der Waals surface area contributed by atoms with Crippen LogP contribution in [0.2, 0.25) is 0 Å². The molecule has 1 aliphatic heterocycles. The number of aromatic nitrogens is 1. The summed E-state index contributed by atoms with van der Waals surface area (Å²) in [6.07, 6.45) is 3.10. The van der Waals surface area contributed by atoms with Gasteiger partial charge in [0.2, 0.25) is 10.0 Å². The van der Waals surface area contributed by atoms with Gasteiger partial charge in [-0.25, -0.2) is 8.42 Å². The maximum atomic E-state index is 13.2. The molecule has 1 amide bonds. The van der Waals surface area contributed by atoms with Crippen LogP contribution in [0.4, 0.5) is 5.69 Å². The molecule has 0 radical (unpaired) electrons. The molecule has 3 aromatic rings. The Morgan fingerprint density at radius 3 is 2.66 bits per heavy atom. The Labute approximate surface area is 205 Å². The number of amides is 1. The largest absolute Gasteiger partial charge is 0.481 e. The first-order valence-corrected chi connectivity index (χ1v) is 13.3. The summed E-state index contributed by atoms with van der Waals surface area (Å²) in [6, 6.07) is 16.0. The van der Waals surface area contributed by atoms with Crippen molar-refractivity contribution in [1.29, 1.82) is 0 Å². The lowest BCUT2D eigenvalue weighted by Crippen LogP contribution is -2.41. The van der Waals surface area contributed by atoms with Crippen LogP contribution in [0.3, 0.4) is 0 Å². The third-order valence-electron chi connectivity index (χ3n) is 6.09. The van der Waals surface area contributed by atoms with Gasteiger partial charge in [-0.05, 0) is 36.2 Å². The predicted molar refractivity (Wildman–Crippen MR) is 135 cm³/mol. The van der Waals surface area contributed by atoms with Crippen LogP contribution in [0.1, 0.15) is 18.0 Å². The number of hydrogen-bond acceptors (Lipinski definition) is 7. The minimum absolute atomic E-state index is 0.154. The number of likely N-dealkylation sites (N-methyl/N-ethyl adjacent to an activating group) is 1. The van der Waals surface area contributed by atoms with Crippen LogP contribution in [0.25, 0.3) is 10.9 Å².